The van der Waals surface area contributed by atoms with Crippen molar-refractivity contribution in [1.29, 1.82) is 0 Å². The Morgan fingerprint density at radius 2 is 1.76 bits per heavy atom. The van der Waals surface area contributed by atoms with Crippen LogP contribution >= 0.6 is 0 Å². The summed E-state index contributed by atoms with van der Waals surface area (Å²) in [5.41, 5.74) is 1.13. The molecule has 0 aliphatic rings. The quantitative estimate of drug-likeness (QED) is 0.751. The van der Waals surface area contributed by atoms with Crippen LogP contribution in [-0.2, 0) is 9.84 Å². The Morgan fingerprint density at radius 3 is 2.24 bits per heavy atom. The fraction of sp³-hybridized carbons (Fsp3) is 0.647. The number of hydrogen-bond donors (Lipinski definition) is 1. The lowest BCUT2D eigenvalue weighted by molar-refractivity contribution is 0.398. The van der Waals surface area contributed by atoms with E-state index in [-0.39, 0.29) is 6.04 Å². The Labute approximate surface area is 130 Å². The predicted molar refractivity (Wildman–Crippen MR) is 89.3 cm³/mol. The molecule has 0 fully saturated rings. The van der Waals surface area contributed by atoms with Crippen LogP contribution in [0.5, 0.6) is 0 Å². The van der Waals surface area contributed by atoms with Crippen LogP contribution < -0.4 is 5.32 Å². The second-order valence-corrected chi connectivity index (χ2v) is 7.90. The summed E-state index contributed by atoms with van der Waals surface area (Å²) < 4.78 is 22.9. The summed E-state index contributed by atoms with van der Waals surface area (Å²) in [6.07, 6.45) is 6.26. The minimum Gasteiger partial charge on any atom is -0.310 e. The molecule has 2 atom stereocenters. The van der Waals surface area contributed by atoms with Crippen LogP contribution in [0.1, 0.15) is 58.1 Å². The molecule has 1 aromatic rings. The first-order valence-electron chi connectivity index (χ1n) is 7.91. The van der Waals surface area contributed by atoms with E-state index in [0.29, 0.717) is 4.90 Å². The fourth-order valence-corrected chi connectivity index (χ4v) is 3.04. The molecule has 0 bridgehead atoms. The van der Waals surface area contributed by atoms with Gasteiger partial charge in [-0.3, -0.25) is 0 Å². The summed E-state index contributed by atoms with van der Waals surface area (Å²) in [5, 5.41) is 3.57. The Balaban J connectivity index is 2.57. The van der Waals surface area contributed by atoms with Crippen molar-refractivity contribution in [3.8, 4) is 0 Å². The average molecular weight is 311 g/mol. The molecule has 1 rings (SSSR count). The van der Waals surface area contributed by atoms with Crippen LogP contribution in [-0.4, -0.2) is 21.2 Å². The van der Waals surface area contributed by atoms with Crippen molar-refractivity contribution in [2.75, 3.05) is 12.8 Å². The van der Waals surface area contributed by atoms with Gasteiger partial charge in [-0.15, -0.1) is 0 Å². The summed E-state index contributed by atoms with van der Waals surface area (Å²) in [4.78, 5) is 0.382. The standard InChI is InChI=1S/C17H29NO2S/c1-5-7-8-15(6-2)13-18-14(3)16-9-11-17(12-10-16)21(4,19)20/h9-12,14-15,18H,5-8,13H2,1-4H3. The van der Waals surface area contributed by atoms with Gasteiger partial charge in [0, 0.05) is 12.3 Å². The number of hydrogen-bond acceptors (Lipinski definition) is 3. The number of benzene rings is 1. The van der Waals surface area contributed by atoms with Crippen LogP contribution in [0.25, 0.3) is 0 Å². The highest BCUT2D eigenvalue weighted by molar-refractivity contribution is 7.90. The molecule has 4 heteroatoms. The third-order valence-electron chi connectivity index (χ3n) is 4.06. The maximum absolute atomic E-state index is 11.5. The van der Waals surface area contributed by atoms with E-state index in [1.807, 2.05) is 12.1 Å². The van der Waals surface area contributed by atoms with Crippen LogP contribution in [0.15, 0.2) is 29.2 Å². The molecule has 0 aliphatic heterocycles. The van der Waals surface area contributed by atoms with Crippen molar-refractivity contribution in [1.82, 2.24) is 5.32 Å². The second-order valence-electron chi connectivity index (χ2n) is 5.89. The van der Waals surface area contributed by atoms with Gasteiger partial charge in [-0.1, -0.05) is 45.2 Å². The summed E-state index contributed by atoms with van der Waals surface area (Å²) in [6, 6.07) is 7.44. The van der Waals surface area contributed by atoms with Crippen molar-refractivity contribution in [2.24, 2.45) is 5.92 Å². The lowest BCUT2D eigenvalue weighted by atomic mass is 9.98. The smallest absolute Gasteiger partial charge is 0.175 e. The third-order valence-corrected chi connectivity index (χ3v) is 5.19. The third kappa shape index (κ3) is 6.18. The van der Waals surface area contributed by atoms with Gasteiger partial charge in [0.1, 0.15) is 0 Å². The molecule has 2 unspecified atom stereocenters. The van der Waals surface area contributed by atoms with Crippen LogP contribution in [0.4, 0.5) is 0 Å². The maximum Gasteiger partial charge on any atom is 0.175 e. The van der Waals surface area contributed by atoms with Gasteiger partial charge < -0.3 is 5.32 Å². The number of unbranched alkanes of at least 4 members (excludes halogenated alkanes) is 1. The van der Waals surface area contributed by atoms with E-state index in [1.165, 1.54) is 31.9 Å². The van der Waals surface area contributed by atoms with E-state index in [9.17, 15) is 8.42 Å². The van der Waals surface area contributed by atoms with Crippen molar-refractivity contribution >= 4 is 9.84 Å². The molecule has 120 valence electrons. The van der Waals surface area contributed by atoms with Gasteiger partial charge in [-0.25, -0.2) is 8.42 Å². The Hall–Kier alpha value is -0.870. The average Bonchev–Trinajstić information content (AvgIpc) is 2.46. The van der Waals surface area contributed by atoms with Crippen LogP contribution in [0.3, 0.4) is 0 Å². The number of rotatable bonds is 9. The summed E-state index contributed by atoms with van der Waals surface area (Å²) in [5.74, 6) is 0.725. The number of sulfone groups is 1. The molecule has 3 nitrogen and oxygen atoms in total. The topological polar surface area (TPSA) is 46.2 Å². The molecule has 0 spiro atoms. The Bertz CT molecular complexity index is 508. The highest BCUT2D eigenvalue weighted by atomic mass is 32.2. The van der Waals surface area contributed by atoms with Gasteiger partial charge >= 0.3 is 0 Å². The summed E-state index contributed by atoms with van der Waals surface area (Å²) in [6.45, 7) is 7.62. The molecule has 0 saturated heterocycles. The molecule has 0 heterocycles. The van der Waals surface area contributed by atoms with E-state index in [4.69, 9.17) is 0 Å². The highest BCUT2D eigenvalue weighted by Gasteiger charge is 2.11. The summed E-state index contributed by atoms with van der Waals surface area (Å²) in [7, 11) is -3.11. The van der Waals surface area contributed by atoms with Gasteiger partial charge in [0.05, 0.1) is 4.90 Å². The molecule has 0 aliphatic carbocycles. The first-order valence-corrected chi connectivity index (χ1v) is 9.81. The molecule has 1 N–H and O–H groups in total. The summed E-state index contributed by atoms with van der Waals surface area (Å²) >= 11 is 0. The van der Waals surface area contributed by atoms with Gasteiger partial charge in [0.15, 0.2) is 9.84 Å². The minimum atomic E-state index is -3.11. The maximum atomic E-state index is 11.5. The molecule has 21 heavy (non-hydrogen) atoms. The van der Waals surface area contributed by atoms with Crippen molar-refractivity contribution in [3.63, 3.8) is 0 Å². The Morgan fingerprint density at radius 1 is 1.14 bits per heavy atom. The van der Waals surface area contributed by atoms with Gasteiger partial charge in [-0.05, 0) is 43.5 Å². The van der Waals surface area contributed by atoms with E-state index in [1.54, 1.807) is 12.1 Å². The zero-order valence-electron chi connectivity index (χ0n) is 13.7. The SMILES string of the molecule is CCCCC(CC)CNC(C)c1ccc(S(C)(=O)=O)cc1. The zero-order chi connectivity index (χ0) is 15.9. The molecule has 0 amide bonds. The monoisotopic (exact) mass is 311 g/mol. The second kappa shape index (κ2) is 8.54. The lowest BCUT2D eigenvalue weighted by Crippen LogP contribution is -2.25. The van der Waals surface area contributed by atoms with Crippen LogP contribution in [0.2, 0.25) is 0 Å². The first kappa shape index (κ1) is 18.2. The van der Waals surface area contributed by atoms with Crippen molar-refractivity contribution in [3.05, 3.63) is 29.8 Å². The zero-order valence-corrected chi connectivity index (χ0v) is 14.5. The Kier molecular flexibility index (Phi) is 7.40. The fourth-order valence-electron chi connectivity index (χ4n) is 2.41. The first-order chi connectivity index (χ1) is 9.88. The molecular formula is C17H29NO2S. The number of nitrogens with one attached hydrogen (secondary N) is 1. The van der Waals surface area contributed by atoms with Gasteiger partial charge in [0.2, 0.25) is 0 Å². The molecule has 0 saturated carbocycles. The lowest BCUT2D eigenvalue weighted by Gasteiger charge is -2.20. The van der Waals surface area contributed by atoms with E-state index in [0.717, 1.165) is 18.0 Å². The van der Waals surface area contributed by atoms with Crippen LogP contribution in [0, 0.1) is 5.92 Å². The predicted octanol–water partition coefficient (Wildman–Crippen LogP) is 3.96. The van der Waals surface area contributed by atoms with Crippen molar-refractivity contribution < 1.29 is 8.42 Å². The molecule has 1 aromatic carbocycles. The van der Waals surface area contributed by atoms with Crippen molar-refractivity contribution in [2.45, 2.75) is 57.4 Å². The molecule has 0 aromatic heterocycles. The van der Waals surface area contributed by atoms with Gasteiger partial charge in [0.25, 0.3) is 0 Å². The van der Waals surface area contributed by atoms with Gasteiger partial charge in [-0.2, -0.15) is 0 Å². The largest absolute Gasteiger partial charge is 0.310 e. The molecular weight excluding hydrogens is 282 g/mol. The van der Waals surface area contributed by atoms with E-state index >= 15 is 0 Å². The minimum absolute atomic E-state index is 0.245. The van der Waals surface area contributed by atoms with E-state index < -0.39 is 9.84 Å². The highest BCUT2D eigenvalue weighted by Crippen LogP contribution is 2.18. The normalized spacial score (nSPS) is 14.9. The molecule has 0 radical (unpaired) electrons. The van der Waals surface area contributed by atoms with E-state index in [2.05, 4.69) is 26.1 Å².